The highest BCUT2D eigenvalue weighted by molar-refractivity contribution is 5.67. The van der Waals surface area contributed by atoms with Crippen molar-refractivity contribution in [2.45, 2.75) is 25.3 Å². The van der Waals surface area contributed by atoms with Crippen LogP contribution in [0.25, 0.3) is 0 Å². The molecule has 7 heteroatoms. The molecule has 0 amide bonds. The standard InChI is InChI=1S/C14H18FNO5/c1-19-13-8(15)7-10-14(21-6-2-5-20-10)12(13)9(16)3-4-11(17)18/h7,9H,2-6,16H2,1H3,(H,17,18). The molecule has 0 spiro atoms. The maximum Gasteiger partial charge on any atom is 0.303 e. The first-order valence-electron chi connectivity index (χ1n) is 6.68. The Bertz CT molecular complexity index is 535. The number of nitrogens with two attached hydrogens (primary N) is 1. The van der Waals surface area contributed by atoms with Gasteiger partial charge in [0.15, 0.2) is 23.1 Å². The molecule has 1 atom stereocenters. The zero-order valence-electron chi connectivity index (χ0n) is 11.7. The Balaban J connectivity index is 2.44. The Morgan fingerprint density at radius 2 is 2.24 bits per heavy atom. The molecular formula is C14H18FNO5. The molecule has 0 saturated heterocycles. The van der Waals surface area contributed by atoms with Crippen LogP contribution < -0.4 is 19.9 Å². The van der Waals surface area contributed by atoms with Crippen LogP contribution in [0.5, 0.6) is 17.2 Å². The number of carboxylic acids is 1. The number of hydrogen-bond donors (Lipinski definition) is 2. The highest BCUT2D eigenvalue weighted by Crippen LogP contribution is 2.44. The van der Waals surface area contributed by atoms with E-state index in [2.05, 4.69) is 0 Å². The fraction of sp³-hybridized carbons (Fsp3) is 0.500. The van der Waals surface area contributed by atoms with E-state index in [0.29, 0.717) is 30.9 Å². The summed E-state index contributed by atoms with van der Waals surface area (Å²) in [4.78, 5) is 10.7. The monoisotopic (exact) mass is 299 g/mol. The Hall–Kier alpha value is -2.02. The first-order valence-corrected chi connectivity index (χ1v) is 6.68. The Labute approximate surface area is 121 Å². The normalized spacial score (nSPS) is 15.2. The molecule has 3 N–H and O–H groups in total. The van der Waals surface area contributed by atoms with E-state index in [9.17, 15) is 9.18 Å². The number of halogens is 1. The van der Waals surface area contributed by atoms with Gasteiger partial charge in [0.05, 0.1) is 25.9 Å². The molecule has 0 saturated carbocycles. The minimum Gasteiger partial charge on any atom is -0.493 e. The fourth-order valence-corrected chi connectivity index (χ4v) is 2.25. The van der Waals surface area contributed by atoms with Crippen molar-refractivity contribution >= 4 is 5.97 Å². The molecule has 6 nitrogen and oxygen atoms in total. The second kappa shape index (κ2) is 6.62. The van der Waals surface area contributed by atoms with E-state index >= 15 is 0 Å². The summed E-state index contributed by atoms with van der Waals surface area (Å²) in [6, 6.07) is 0.481. The van der Waals surface area contributed by atoms with Gasteiger partial charge in [0, 0.05) is 24.9 Å². The summed E-state index contributed by atoms with van der Waals surface area (Å²) in [6.07, 6.45) is 0.684. The van der Waals surface area contributed by atoms with Gasteiger partial charge in [-0.2, -0.15) is 0 Å². The summed E-state index contributed by atoms with van der Waals surface area (Å²) < 4.78 is 30.2. The van der Waals surface area contributed by atoms with Crippen molar-refractivity contribution in [3.63, 3.8) is 0 Å². The number of aliphatic carboxylic acids is 1. The zero-order valence-corrected chi connectivity index (χ0v) is 11.7. The lowest BCUT2D eigenvalue weighted by atomic mass is 9.99. The number of benzene rings is 1. The summed E-state index contributed by atoms with van der Waals surface area (Å²) in [5, 5.41) is 8.76. The van der Waals surface area contributed by atoms with E-state index in [-0.39, 0.29) is 24.3 Å². The molecule has 1 aromatic rings. The average molecular weight is 299 g/mol. The van der Waals surface area contributed by atoms with Gasteiger partial charge >= 0.3 is 5.97 Å². The van der Waals surface area contributed by atoms with Gasteiger partial charge in [-0.25, -0.2) is 4.39 Å². The largest absolute Gasteiger partial charge is 0.493 e. The quantitative estimate of drug-likeness (QED) is 0.862. The number of rotatable bonds is 5. The molecule has 0 aliphatic carbocycles. The molecule has 1 unspecified atom stereocenters. The lowest BCUT2D eigenvalue weighted by molar-refractivity contribution is -0.137. The van der Waals surface area contributed by atoms with Crippen LogP contribution in [0.3, 0.4) is 0 Å². The molecule has 0 radical (unpaired) electrons. The van der Waals surface area contributed by atoms with Crippen LogP contribution in [0.15, 0.2) is 6.07 Å². The van der Waals surface area contributed by atoms with E-state index in [1.54, 1.807) is 0 Å². The van der Waals surface area contributed by atoms with E-state index in [1.807, 2.05) is 0 Å². The first-order chi connectivity index (χ1) is 10.0. The average Bonchev–Trinajstić information content (AvgIpc) is 2.68. The second-order valence-corrected chi connectivity index (χ2v) is 4.72. The van der Waals surface area contributed by atoms with Crippen LogP contribution in [-0.4, -0.2) is 31.4 Å². The van der Waals surface area contributed by atoms with E-state index in [0.717, 1.165) is 0 Å². The first kappa shape index (κ1) is 15.4. The summed E-state index contributed by atoms with van der Waals surface area (Å²) in [5.41, 5.74) is 6.33. The van der Waals surface area contributed by atoms with Gasteiger partial charge in [-0.15, -0.1) is 0 Å². The molecule has 0 fully saturated rings. The van der Waals surface area contributed by atoms with Crippen molar-refractivity contribution in [3.05, 3.63) is 17.4 Å². The second-order valence-electron chi connectivity index (χ2n) is 4.72. The highest BCUT2D eigenvalue weighted by atomic mass is 19.1. The van der Waals surface area contributed by atoms with Crippen LogP contribution in [0.4, 0.5) is 4.39 Å². The van der Waals surface area contributed by atoms with E-state index in [4.69, 9.17) is 25.1 Å². The van der Waals surface area contributed by atoms with Crippen molar-refractivity contribution in [1.82, 2.24) is 0 Å². The Morgan fingerprint density at radius 1 is 1.52 bits per heavy atom. The van der Waals surface area contributed by atoms with Gasteiger partial charge < -0.3 is 25.1 Å². The highest BCUT2D eigenvalue weighted by Gasteiger charge is 2.27. The van der Waals surface area contributed by atoms with Gasteiger partial charge in [-0.3, -0.25) is 4.79 Å². The van der Waals surface area contributed by atoms with Crippen molar-refractivity contribution in [2.75, 3.05) is 20.3 Å². The lowest BCUT2D eigenvalue weighted by Crippen LogP contribution is -2.16. The fourth-order valence-electron chi connectivity index (χ4n) is 2.25. The maximum atomic E-state index is 14.1. The van der Waals surface area contributed by atoms with Gasteiger partial charge in [-0.1, -0.05) is 0 Å². The van der Waals surface area contributed by atoms with Gasteiger partial charge in [0.25, 0.3) is 0 Å². The number of carboxylic acid groups (broad SMARTS) is 1. The topological polar surface area (TPSA) is 91.0 Å². The van der Waals surface area contributed by atoms with Crippen molar-refractivity contribution < 1.29 is 28.5 Å². The van der Waals surface area contributed by atoms with Gasteiger partial charge in [0.1, 0.15) is 0 Å². The molecule has 116 valence electrons. The molecule has 2 rings (SSSR count). The van der Waals surface area contributed by atoms with E-state index in [1.165, 1.54) is 13.2 Å². The summed E-state index contributed by atoms with van der Waals surface area (Å²) in [7, 11) is 1.33. The SMILES string of the molecule is COc1c(F)cc2c(c1C(N)CCC(=O)O)OCCCO2. The number of carbonyl (C=O) groups is 1. The molecule has 0 bridgehead atoms. The molecule has 0 aromatic heterocycles. The lowest BCUT2D eigenvalue weighted by Gasteiger charge is -2.21. The Kier molecular flexibility index (Phi) is 4.85. The van der Waals surface area contributed by atoms with Crippen LogP contribution in [0, 0.1) is 5.82 Å². The number of fused-ring (bicyclic) bond motifs is 1. The molecule has 1 heterocycles. The van der Waals surface area contributed by atoms with Crippen LogP contribution in [0.1, 0.15) is 30.9 Å². The predicted octanol–water partition coefficient (Wildman–Crippen LogP) is 1.86. The van der Waals surface area contributed by atoms with E-state index < -0.39 is 17.8 Å². The predicted molar refractivity (Wildman–Crippen MR) is 72.4 cm³/mol. The Morgan fingerprint density at radius 3 is 2.90 bits per heavy atom. The molecular weight excluding hydrogens is 281 g/mol. The summed E-state index contributed by atoms with van der Waals surface area (Å²) in [5.74, 6) is -1.00. The molecule has 1 aliphatic heterocycles. The summed E-state index contributed by atoms with van der Waals surface area (Å²) >= 11 is 0. The molecule has 1 aliphatic rings. The third-order valence-electron chi connectivity index (χ3n) is 3.22. The summed E-state index contributed by atoms with van der Waals surface area (Å²) in [6.45, 7) is 0.836. The third kappa shape index (κ3) is 3.36. The smallest absolute Gasteiger partial charge is 0.303 e. The van der Waals surface area contributed by atoms with Crippen LogP contribution in [0.2, 0.25) is 0 Å². The number of ether oxygens (including phenoxy) is 3. The van der Waals surface area contributed by atoms with Gasteiger partial charge in [0.2, 0.25) is 0 Å². The van der Waals surface area contributed by atoms with Crippen molar-refractivity contribution in [1.29, 1.82) is 0 Å². The van der Waals surface area contributed by atoms with Crippen LogP contribution in [-0.2, 0) is 4.79 Å². The minimum absolute atomic E-state index is 0.0304. The third-order valence-corrected chi connectivity index (χ3v) is 3.22. The maximum absolute atomic E-state index is 14.1. The molecule has 1 aromatic carbocycles. The minimum atomic E-state index is -0.968. The number of hydrogen-bond acceptors (Lipinski definition) is 5. The van der Waals surface area contributed by atoms with Crippen LogP contribution >= 0.6 is 0 Å². The zero-order chi connectivity index (χ0) is 15.4. The van der Waals surface area contributed by atoms with Gasteiger partial charge in [-0.05, 0) is 6.42 Å². The molecule has 21 heavy (non-hydrogen) atoms. The van der Waals surface area contributed by atoms with Crippen molar-refractivity contribution in [3.8, 4) is 17.2 Å². The number of methoxy groups -OCH3 is 1. The van der Waals surface area contributed by atoms with Crippen molar-refractivity contribution in [2.24, 2.45) is 5.73 Å².